The average Bonchev–Trinajstić information content (AvgIpc) is 3.08. The molecule has 21 heavy (non-hydrogen) atoms. The molecule has 0 bridgehead atoms. The largest absolute Gasteiger partial charge is 0.309 e. The lowest BCUT2D eigenvalue weighted by molar-refractivity contribution is 0.270. The molecule has 0 spiro atoms. The third-order valence-electron chi connectivity index (χ3n) is 3.37. The van der Waals surface area contributed by atoms with E-state index in [1.807, 2.05) is 26.8 Å². The minimum absolute atomic E-state index is 0.319. The lowest BCUT2D eigenvalue weighted by Crippen LogP contribution is -2.45. The van der Waals surface area contributed by atoms with Crippen molar-refractivity contribution in [3.63, 3.8) is 0 Å². The van der Waals surface area contributed by atoms with Crippen LogP contribution in [0.15, 0.2) is 29.0 Å². The Morgan fingerprint density at radius 2 is 2.10 bits per heavy atom. The zero-order valence-electron chi connectivity index (χ0n) is 12.9. The van der Waals surface area contributed by atoms with Crippen LogP contribution in [0.25, 0.3) is 0 Å². The Kier molecular flexibility index (Phi) is 4.92. The molecule has 1 aliphatic carbocycles. The van der Waals surface area contributed by atoms with Gasteiger partial charge in [-0.1, -0.05) is 6.08 Å². The summed E-state index contributed by atoms with van der Waals surface area (Å²) in [6.45, 7) is 10.4. The van der Waals surface area contributed by atoms with Gasteiger partial charge in [0.25, 0.3) is 10.0 Å². The molecule has 4 nitrogen and oxygen atoms in total. The van der Waals surface area contributed by atoms with E-state index >= 15 is 0 Å². The maximum absolute atomic E-state index is 12.8. The Morgan fingerprint density at radius 3 is 2.62 bits per heavy atom. The van der Waals surface area contributed by atoms with Crippen molar-refractivity contribution < 1.29 is 8.42 Å². The molecule has 0 unspecified atom stereocenters. The van der Waals surface area contributed by atoms with Gasteiger partial charge in [0.1, 0.15) is 4.21 Å². The maximum Gasteiger partial charge on any atom is 0.253 e. The van der Waals surface area contributed by atoms with Crippen molar-refractivity contribution in [2.24, 2.45) is 0 Å². The summed E-state index contributed by atoms with van der Waals surface area (Å²) in [6.07, 6.45) is 4.09. The van der Waals surface area contributed by atoms with Crippen LogP contribution in [0.1, 0.15) is 38.5 Å². The molecule has 1 aliphatic rings. The van der Waals surface area contributed by atoms with Gasteiger partial charge >= 0.3 is 0 Å². The highest BCUT2D eigenvalue weighted by Crippen LogP contribution is 2.30. The quantitative estimate of drug-likeness (QED) is 0.783. The predicted octanol–water partition coefficient (Wildman–Crippen LogP) is 2.98. The Labute approximate surface area is 131 Å². The second-order valence-electron chi connectivity index (χ2n) is 6.37. The van der Waals surface area contributed by atoms with Crippen molar-refractivity contribution in [3.05, 3.63) is 29.7 Å². The summed E-state index contributed by atoms with van der Waals surface area (Å²) in [5.41, 5.74) is -0.469. The zero-order chi connectivity index (χ0) is 15.7. The van der Waals surface area contributed by atoms with Crippen LogP contribution in [0.4, 0.5) is 0 Å². The molecule has 2 rings (SSSR count). The SMILES string of the molecule is C=CCN(C(C)(C)C)S(=O)(=O)c1ccc(CNC2CC2)s1. The van der Waals surface area contributed by atoms with E-state index in [1.54, 1.807) is 12.1 Å². The number of sulfonamides is 1. The molecule has 0 aliphatic heterocycles. The molecule has 1 aromatic rings. The number of nitrogens with zero attached hydrogens (tertiary/aromatic N) is 1. The van der Waals surface area contributed by atoms with E-state index in [2.05, 4.69) is 11.9 Å². The monoisotopic (exact) mass is 328 g/mol. The van der Waals surface area contributed by atoms with Gasteiger partial charge in [-0.3, -0.25) is 0 Å². The Hall–Kier alpha value is -0.690. The first-order valence-electron chi connectivity index (χ1n) is 7.21. The molecule has 0 atom stereocenters. The summed E-state index contributed by atoms with van der Waals surface area (Å²) in [7, 11) is -3.47. The van der Waals surface area contributed by atoms with Crippen LogP contribution in [0, 0.1) is 0 Å². The first-order valence-corrected chi connectivity index (χ1v) is 9.46. The van der Waals surface area contributed by atoms with Crippen LogP contribution in [0.5, 0.6) is 0 Å². The van der Waals surface area contributed by atoms with Crippen LogP contribution in [0.2, 0.25) is 0 Å². The molecule has 1 aromatic heterocycles. The van der Waals surface area contributed by atoms with Gasteiger partial charge in [0.2, 0.25) is 0 Å². The minimum Gasteiger partial charge on any atom is -0.309 e. The van der Waals surface area contributed by atoms with Gasteiger partial charge in [0.05, 0.1) is 0 Å². The van der Waals surface area contributed by atoms with E-state index in [4.69, 9.17) is 0 Å². The van der Waals surface area contributed by atoms with E-state index in [0.29, 0.717) is 16.8 Å². The fraction of sp³-hybridized carbons (Fsp3) is 0.600. The predicted molar refractivity (Wildman–Crippen MR) is 88.0 cm³/mol. The van der Waals surface area contributed by atoms with Crippen molar-refractivity contribution in [3.8, 4) is 0 Å². The Balaban J connectivity index is 2.18. The number of rotatable bonds is 7. The van der Waals surface area contributed by atoms with Crippen LogP contribution in [0.3, 0.4) is 0 Å². The van der Waals surface area contributed by atoms with Gasteiger partial charge in [0.15, 0.2) is 0 Å². The molecule has 0 saturated heterocycles. The first-order chi connectivity index (χ1) is 9.75. The summed E-state index contributed by atoms with van der Waals surface area (Å²) < 4.78 is 27.5. The minimum atomic E-state index is -3.47. The molecule has 1 heterocycles. The Morgan fingerprint density at radius 1 is 1.43 bits per heavy atom. The number of hydrogen-bond acceptors (Lipinski definition) is 4. The fourth-order valence-electron chi connectivity index (χ4n) is 2.08. The highest BCUT2D eigenvalue weighted by molar-refractivity contribution is 7.91. The fourth-order valence-corrected chi connectivity index (χ4v) is 5.26. The lowest BCUT2D eigenvalue weighted by atomic mass is 10.1. The highest BCUT2D eigenvalue weighted by atomic mass is 32.2. The summed E-state index contributed by atoms with van der Waals surface area (Å²) in [5, 5.41) is 3.41. The van der Waals surface area contributed by atoms with Crippen LogP contribution in [-0.4, -0.2) is 30.8 Å². The topological polar surface area (TPSA) is 49.4 Å². The second kappa shape index (κ2) is 6.20. The summed E-state index contributed by atoms with van der Waals surface area (Å²) in [4.78, 5) is 1.06. The van der Waals surface area contributed by atoms with Crippen LogP contribution in [-0.2, 0) is 16.6 Å². The van der Waals surface area contributed by atoms with Crippen molar-refractivity contribution in [1.29, 1.82) is 0 Å². The molecule has 1 N–H and O–H groups in total. The smallest absolute Gasteiger partial charge is 0.253 e. The second-order valence-corrected chi connectivity index (χ2v) is 9.63. The van der Waals surface area contributed by atoms with Crippen molar-refractivity contribution in [2.45, 2.75) is 55.9 Å². The average molecular weight is 329 g/mol. The molecular formula is C15H24N2O2S2. The molecule has 1 fully saturated rings. The third kappa shape index (κ3) is 4.16. The van der Waals surface area contributed by atoms with Gasteiger partial charge < -0.3 is 5.32 Å². The van der Waals surface area contributed by atoms with Crippen LogP contribution < -0.4 is 5.32 Å². The van der Waals surface area contributed by atoms with Crippen molar-refractivity contribution in [2.75, 3.05) is 6.54 Å². The number of nitrogens with one attached hydrogen (secondary N) is 1. The summed E-state index contributed by atoms with van der Waals surface area (Å²) in [6, 6.07) is 4.24. The summed E-state index contributed by atoms with van der Waals surface area (Å²) in [5.74, 6) is 0. The highest BCUT2D eigenvalue weighted by Gasteiger charge is 2.34. The van der Waals surface area contributed by atoms with E-state index in [1.165, 1.54) is 28.5 Å². The Bertz CT molecular complexity index is 595. The van der Waals surface area contributed by atoms with E-state index < -0.39 is 15.6 Å². The zero-order valence-corrected chi connectivity index (χ0v) is 14.6. The van der Waals surface area contributed by atoms with Crippen molar-refractivity contribution >= 4 is 21.4 Å². The van der Waals surface area contributed by atoms with E-state index in [-0.39, 0.29) is 0 Å². The number of thiophene rings is 1. The van der Waals surface area contributed by atoms with Crippen molar-refractivity contribution in [1.82, 2.24) is 9.62 Å². The van der Waals surface area contributed by atoms with E-state index in [9.17, 15) is 8.42 Å². The lowest BCUT2D eigenvalue weighted by Gasteiger charge is -2.33. The molecule has 118 valence electrons. The van der Waals surface area contributed by atoms with Crippen LogP contribution >= 0.6 is 11.3 Å². The van der Waals surface area contributed by atoms with Gasteiger partial charge in [-0.15, -0.1) is 17.9 Å². The molecule has 1 saturated carbocycles. The molecule has 6 heteroatoms. The molecular weight excluding hydrogens is 304 g/mol. The van der Waals surface area contributed by atoms with Gasteiger partial charge in [-0.2, -0.15) is 4.31 Å². The molecule has 0 amide bonds. The van der Waals surface area contributed by atoms with E-state index in [0.717, 1.165) is 11.4 Å². The maximum atomic E-state index is 12.8. The standard InChI is InChI=1S/C15H24N2O2S2/c1-5-10-17(15(2,3)4)21(18,19)14-9-8-13(20-14)11-16-12-6-7-12/h5,8-9,12,16H,1,6-7,10-11H2,2-4H3. The molecule has 0 aromatic carbocycles. The van der Waals surface area contributed by atoms with Gasteiger partial charge in [-0.05, 0) is 45.7 Å². The summed E-state index contributed by atoms with van der Waals surface area (Å²) >= 11 is 1.35. The normalized spacial score (nSPS) is 16.4. The van der Waals surface area contributed by atoms with Gasteiger partial charge in [-0.25, -0.2) is 8.42 Å². The number of hydrogen-bond donors (Lipinski definition) is 1. The van der Waals surface area contributed by atoms with Gasteiger partial charge in [0, 0.05) is 29.5 Å². The molecule has 0 radical (unpaired) electrons. The third-order valence-corrected chi connectivity index (χ3v) is 7.05. The first kappa shape index (κ1) is 16.7.